The molecule has 1 amide bonds. The summed E-state index contributed by atoms with van der Waals surface area (Å²) in [5.41, 5.74) is 0.180. The van der Waals surface area contributed by atoms with Crippen molar-refractivity contribution >= 4 is 23.5 Å². The van der Waals surface area contributed by atoms with Crippen LogP contribution in [0.3, 0.4) is 0 Å². The Morgan fingerprint density at radius 3 is 2.75 bits per heavy atom. The standard InChI is InChI=1S/C9H9ClN2O4/c10-7-3-5(1-2-11-7)8(14)12-6(4-13)9(15)16/h1-3,6,13H,4H2,(H,12,14)(H,15,16)/t6-/m0/s1. The van der Waals surface area contributed by atoms with Crippen molar-refractivity contribution in [2.75, 3.05) is 6.61 Å². The highest BCUT2D eigenvalue weighted by Crippen LogP contribution is 2.06. The van der Waals surface area contributed by atoms with E-state index in [1.165, 1.54) is 18.3 Å². The molecule has 86 valence electrons. The van der Waals surface area contributed by atoms with Gasteiger partial charge in [-0.1, -0.05) is 11.6 Å². The average Bonchev–Trinajstić information content (AvgIpc) is 2.25. The van der Waals surface area contributed by atoms with Crippen LogP contribution < -0.4 is 5.32 Å². The van der Waals surface area contributed by atoms with Crippen LogP contribution in [-0.2, 0) is 4.79 Å². The fourth-order valence-electron chi connectivity index (χ4n) is 0.971. The van der Waals surface area contributed by atoms with E-state index >= 15 is 0 Å². The van der Waals surface area contributed by atoms with E-state index < -0.39 is 24.5 Å². The normalized spacial score (nSPS) is 11.9. The lowest BCUT2D eigenvalue weighted by Crippen LogP contribution is -2.43. The number of carbonyl (C=O) groups is 2. The number of hydrogen-bond acceptors (Lipinski definition) is 4. The van der Waals surface area contributed by atoms with Crippen LogP contribution in [0.1, 0.15) is 10.4 Å². The first-order valence-electron chi connectivity index (χ1n) is 4.30. The van der Waals surface area contributed by atoms with Crippen LogP contribution in [0, 0.1) is 0 Å². The van der Waals surface area contributed by atoms with E-state index in [9.17, 15) is 9.59 Å². The van der Waals surface area contributed by atoms with Gasteiger partial charge in [-0.2, -0.15) is 0 Å². The van der Waals surface area contributed by atoms with E-state index in [0.29, 0.717) is 0 Å². The van der Waals surface area contributed by atoms with Gasteiger partial charge in [-0.25, -0.2) is 9.78 Å². The Labute approximate surface area is 95.9 Å². The number of rotatable bonds is 4. The summed E-state index contributed by atoms with van der Waals surface area (Å²) in [5, 5.41) is 19.6. The lowest BCUT2D eigenvalue weighted by Gasteiger charge is -2.11. The third-order valence-electron chi connectivity index (χ3n) is 1.77. The Bertz CT molecular complexity index is 410. The topological polar surface area (TPSA) is 99.5 Å². The molecular formula is C9H9ClN2O4. The van der Waals surface area contributed by atoms with Gasteiger partial charge in [0.1, 0.15) is 5.15 Å². The van der Waals surface area contributed by atoms with Crippen molar-refractivity contribution in [1.82, 2.24) is 10.3 Å². The molecule has 0 aliphatic rings. The molecule has 1 aromatic rings. The molecule has 0 saturated carbocycles. The highest BCUT2D eigenvalue weighted by atomic mass is 35.5. The van der Waals surface area contributed by atoms with E-state index in [-0.39, 0.29) is 10.7 Å². The predicted molar refractivity (Wildman–Crippen MR) is 55.2 cm³/mol. The maximum Gasteiger partial charge on any atom is 0.328 e. The first kappa shape index (κ1) is 12.4. The molecule has 0 radical (unpaired) electrons. The van der Waals surface area contributed by atoms with Crippen LogP contribution in [0.5, 0.6) is 0 Å². The van der Waals surface area contributed by atoms with Gasteiger partial charge in [0.15, 0.2) is 6.04 Å². The molecule has 7 heteroatoms. The summed E-state index contributed by atoms with van der Waals surface area (Å²) in [7, 11) is 0. The summed E-state index contributed by atoms with van der Waals surface area (Å²) in [4.78, 5) is 25.7. The number of amides is 1. The van der Waals surface area contributed by atoms with Crippen LogP contribution in [0.2, 0.25) is 5.15 Å². The van der Waals surface area contributed by atoms with Gasteiger partial charge in [-0.05, 0) is 12.1 Å². The lowest BCUT2D eigenvalue weighted by atomic mass is 10.2. The maximum absolute atomic E-state index is 11.5. The van der Waals surface area contributed by atoms with Gasteiger partial charge in [0.2, 0.25) is 0 Å². The summed E-state index contributed by atoms with van der Waals surface area (Å²) in [6.07, 6.45) is 1.33. The summed E-state index contributed by atoms with van der Waals surface area (Å²) in [5.74, 6) is -1.94. The van der Waals surface area contributed by atoms with E-state index in [1.54, 1.807) is 0 Å². The fraction of sp³-hybridized carbons (Fsp3) is 0.222. The van der Waals surface area contributed by atoms with Crippen molar-refractivity contribution < 1.29 is 19.8 Å². The molecule has 1 aromatic heterocycles. The second-order valence-corrected chi connectivity index (χ2v) is 3.30. The third-order valence-corrected chi connectivity index (χ3v) is 1.98. The molecule has 16 heavy (non-hydrogen) atoms. The zero-order valence-electron chi connectivity index (χ0n) is 8.05. The Balaban J connectivity index is 2.75. The molecule has 3 N–H and O–H groups in total. The summed E-state index contributed by atoms with van der Waals surface area (Å²) in [6.45, 7) is -0.681. The zero-order chi connectivity index (χ0) is 12.1. The van der Waals surface area contributed by atoms with Gasteiger partial charge in [0.05, 0.1) is 6.61 Å². The van der Waals surface area contributed by atoms with Crippen LogP contribution >= 0.6 is 11.6 Å². The monoisotopic (exact) mass is 244 g/mol. The minimum Gasteiger partial charge on any atom is -0.480 e. The predicted octanol–water partition coefficient (Wildman–Crippen LogP) is -0.0897. The van der Waals surface area contributed by atoms with Crippen molar-refractivity contribution in [3.05, 3.63) is 29.0 Å². The summed E-state index contributed by atoms with van der Waals surface area (Å²) in [6, 6.07) is 1.35. The fourth-order valence-corrected chi connectivity index (χ4v) is 1.14. The number of pyridine rings is 1. The van der Waals surface area contributed by atoms with Gasteiger partial charge in [-0.3, -0.25) is 4.79 Å². The second kappa shape index (κ2) is 5.43. The quantitative estimate of drug-likeness (QED) is 0.643. The molecule has 1 heterocycles. The lowest BCUT2D eigenvalue weighted by molar-refractivity contribution is -0.140. The van der Waals surface area contributed by atoms with Crippen LogP contribution in [-0.4, -0.2) is 39.7 Å². The molecule has 1 atom stereocenters. The highest BCUT2D eigenvalue weighted by molar-refractivity contribution is 6.29. The SMILES string of the molecule is O=C(N[C@@H](CO)C(=O)O)c1ccnc(Cl)c1. The van der Waals surface area contributed by atoms with Crippen LogP contribution in [0.15, 0.2) is 18.3 Å². The highest BCUT2D eigenvalue weighted by Gasteiger charge is 2.19. The molecule has 6 nitrogen and oxygen atoms in total. The number of carbonyl (C=O) groups excluding carboxylic acids is 1. The largest absolute Gasteiger partial charge is 0.480 e. The molecule has 0 saturated heterocycles. The number of nitrogens with one attached hydrogen (secondary N) is 1. The summed E-state index contributed by atoms with van der Waals surface area (Å²) >= 11 is 5.57. The number of aliphatic hydroxyl groups is 1. The Morgan fingerprint density at radius 2 is 2.25 bits per heavy atom. The minimum atomic E-state index is -1.33. The van der Waals surface area contributed by atoms with Gasteiger partial charge in [-0.15, -0.1) is 0 Å². The molecule has 0 spiro atoms. The molecule has 1 rings (SSSR count). The molecule has 0 fully saturated rings. The first-order valence-corrected chi connectivity index (χ1v) is 4.68. The van der Waals surface area contributed by atoms with E-state index in [4.69, 9.17) is 21.8 Å². The molecular weight excluding hydrogens is 236 g/mol. The Kier molecular flexibility index (Phi) is 4.21. The van der Waals surface area contributed by atoms with Crippen molar-refractivity contribution in [3.8, 4) is 0 Å². The molecule has 0 aromatic carbocycles. The Hall–Kier alpha value is -1.66. The van der Waals surface area contributed by atoms with Gasteiger partial charge < -0.3 is 15.5 Å². The second-order valence-electron chi connectivity index (χ2n) is 2.91. The number of aliphatic hydroxyl groups excluding tert-OH is 1. The molecule has 0 aliphatic carbocycles. The number of nitrogens with zero attached hydrogens (tertiary/aromatic N) is 1. The van der Waals surface area contributed by atoms with E-state index in [0.717, 1.165) is 0 Å². The third kappa shape index (κ3) is 3.18. The van der Waals surface area contributed by atoms with Gasteiger partial charge in [0.25, 0.3) is 5.91 Å². The van der Waals surface area contributed by atoms with Crippen molar-refractivity contribution in [2.24, 2.45) is 0 Å². The maximum atomic E-state index is 11.5. The van der Waals surface area contributed by atoms with Gasteiger partial charge >= 0.3 is 5.97 Å². The van der Waals surface area contributed by atoms with Crippen LogP contribution in [0.4, 0.5) is 0 Å². The van der Waals surface area contributed by atoms with Crippen molar-refractivity contribution in [3.63, 3.8) is 0 Å². The molecule has 0 unspecified atom stereocenters. The number of aliphatic carboxylic acids is 1. The molecule has 0 bridgehead atoms. The summed E-state index contributed by atoms with van der Waals surface area (Å²) < 4.78 is 0. The zero-order valence-corrected chi connectivity index (χ0v) is 8.81. The van der Waals surface area contributed by atoms with Crippen molar-refractivity contribution in [1.29, 1.82) is 0 Å². The number of hydrogen-bond donors (Lipinski definition) is 3. The van der Waals surface area contributed by atoms with Gasteiger partial charge in [0, 0.05) is 11.8 Å². The molecule has 0 aliphatic heterocycles. The Morgan fingerprint density at radius 1 is 1.56 bits per heavy atom. The first-order chi connectivity index (χ1) is 7.54. The number of halogens is 1. The minimum absolute atomic E-state index is 0.128. The number of carboxylic acid groups (broad SMARTS) is 1. The van der Waals surface area contributed by atoms with Crippen molar-refractivity contribution in [2.45, 2.75) is 6.04 Å². The smallest absolute Gasteiger partial charge is 0.328 e. The number of carboxylic acids is 1. The van der Waals surface area contributed by atoms with Crippen LogP contribution in [0.25, 0.3) is 0 Å². The average molecular weight is 245 g/mol. The van der Waals surface area contributed by atoms with E-state index in [1.807, 2.05) is 0 Å². The number of aromatic nitrogens is 1. The van der Waals surface area contributed by atoms with E-state index in [2.05, 4.69) is 10.3 Å².